The molecule has 62 valence electrons. The number of aliphatic hydroxyl groups is 2. The summed E-state index contributed by atoms with van der Waals surface area (Å²) < 4.78 is 0. The van der Waals surface area contributed by atoms with Gasteiger partial charge in [-0.3, -0.25) is 0 Å². The molecular weight excluding hydrogens is 128 g/mol. The number of aliphatic hydroxyl groups excluding tert-OH is 2. The van der Waals surface area contributed by atoms with E-state index >= 15 is 0 Å². The van der Waals surface area contributed by atoms with Crippen LogP contribution in [0.1, 0.15) is 34.1 Å². The molecule has 0 aromatic carbocycles. The zero-order chi connectivity index (χ0) is 8.36. The van der Waals surface area contributed by atoms with Crippen LogP contribution < -0.4 is 0 Å². The van der Waals surface area contributed by atoms with Gasteiger partial charge in [-0.1, -0.05) is 20.8 Å². The Balaban J connectivity index is 4.09. The fourth-order valence-corrected chi connectivity index (χ4v) is 0.805. The molecule has 0 aliphatic carbocycles. The summed E-state index contributed by atoms with van der Waals surface area (Å²) in [6, 6.07) is 0. The smallest absolute Gasteiger partial charge is 0.0613 e. The van der Waals surface area contributed by atoms with Gasteiger partial charge in [0, 0.05) is 5.41 Å². The van der Waals surface area contributed by atoms with Gasteiger partial charge >= 0.3 is 0 Å². The highest BCUT2D eigenvalue weighted by molar-refractivity contribution is 4.81. The molecule has 0 amide bonds. The lowest BCUT2D eigenvalue weighted by molar-refractivity contribution is -0.0397. The molecule has 0 bridgehead atoms. The molecular formula is C8H18O2. The summed E-state index contributed by atoms with van der Waals surface area (Å²) in [5.74, 6) is 0. The molecule has 0 heterocycles. The Hall–Kier alpha value is -0.0800. The molecule has 0 aromatic rings. The fraction of sp³-hybridized carbons (Fsp3) is 1.00. The monoisotopic (exact) mass is 146 g/mol. The Morgan fingerprint density at radius 3 is 1.80 bits per heavy atom. The standard InChI is InChI=1S/C8H18O2/c1-5-7(10)8(3,4)6(2)9/h6-7,9-10H,5H2,1-4H3/t6-,7+/m0/s1. The summed E-state index contributed by atoms with van der Waals surface area (Å²) in [5, 5.41) is 18.6. The van der Waals surface area contributed by atoms with E-state index in [1.54, 1.807) is 6.92 Å². The van der Waals surface area contributed by atoms with Gasteiger partial charge in [0.05, 0.1) is 12.2 Å². The molecule has 2 heteroatoms. The van der Waals surface area contributed by atoms with Crippen molar-refractivity contribution < 1.29 is 10.2 Å². The molecule has 0 unspecified atom stereocenters. The molecule has 0 aromatic heterocycles. The zero-order valence-corrected chi connectivity index (χ0v) is 7.26. The van der Waals surface area contributed by atoms with Crippen LogP contribution in [0.2, 0.25) is 0 Å². The van der Waals surface area contributed by atoms with Crippen LogP contribution in [-0.4, -0.2) is 22.4 Å². The Morgan fingerprint density at radius 1 is 1.30 bits per heavy atom. The minimum atomic E-state index is -0.456. The van der Waals surface area contributed by atoms with E-state index < -0.39 is 12.2 Å². The molecule has 0 spiro atoms. The Labute approximate surface area is 62.9 Å². The van der Waals surface area contributed by atoms with Crippen molar-refractivity contribution in [2.24, 2.45) is 5.41 Å². The second kappa shape index (κ2) is 3.35. The van der Waals surface area contributed by atoms with E-state index in [0.717, 1.165) is 0 Å². The third-order valence-corrected chi connectivity index (χ3v) is 2.32. The van der Waals surface area contributed by atoms with E-state index in [0.29, 0.717) is 6.42 Å². The second-order valence-electron chi connectivity index (χ2n) is 3.42. The lowest BCUT2D eigenvalue weighted by Crippen LogP contribution is -2.38. The van der Waals surface area contributed by atoms with Gasteiger partial charge in [0.1, 0.15) is 0 Å². The first-order valence-electron chi connectivity index (χ1n) is 3.79. The number of hydrogen-bond donors (Lipinski definition) is 2. The van der Waals surface area contributed by atoms with Crippen LogP contribution in [0.3, 0.4) is 0 Å². The first-order chi connectivity index (χ1) is 4.42. The summed E-state index contributed by atoms with van der Waals surface area (Å²) >= 11 is 0. The molecule has 0 saturated heterocycles. The number of hydrogen-bond acceptors (Lipinski definition) is 2. The summed E-state index contributed by atoms with van der Waals surface area (Å²) in [4.78, 5) is 0. The summed E-state index contributed by atoms with van der Waals surface area (Å²) in [5.41, 5.74) is -0.380. The van der Waals surface area contributed by atoms with Gasteiger partial charge < -0.3 is 10.2 Å². The highest BCUT2D eigenvalue weighted by Gasteiger charge is 2.31. The van der Waals surface area contributed by atoms with Crippen molar-refractivity contribution in [1.29, 1.82) is 0 Å². The first kappa shape index (κ1) is 9.92. The van der Waals surface area contributed by atoms with Crippen LogP contribution in [0, 0.1) is 5.41 Å². The van der Waals surface area contributed by atoms with Crippen molar-refractivity contribution >= 4 is 0 Å². The lowest BCUT2D eigenvalue weighted by atomic mass is 9.80. The maximum Gasteiger partial charge on any atom is 0.0613 e. The average molecular weight is 146 g/mol. The normalized spacial score (nSPS) is 18.6. The molecule has 0 rings (SSSR count). The predicted molar refractivity (Wildman–Crippen MR) is 41.8 cm³/mol. The molecule has 0 aliphatic rings. The Morgan fingerprint density at radius 2 is 1.70 bits per heavy atom. The van der Waals surface area contributed by atoms with E-state index in [4.69, 9.17) is 0 Å². The van der Waals surface area contributed by atoms with E-state index in [9.17, 15) is 10.2 Å². The van der Waals surface area contributed by atoms with Gasteiger partial charge in [-0.2, -0.15) is 0 Å². The molecule has 0 saturated carbocycles. The quantitative estimate of drug-likeness (QED) is 0.627. The van der Waals surface area contributed by atoms with Crippen molar-refractivity contribution in [2.75, 3.05) is 0 Å². The molecule has 0 aliphatic heterocycles. The largest absolute Gasteiger partial charge is 0.393 e. The average Bonchev–Trinajstić information content (AvgIpc) is 1.86. The molecule has 2 atom stereocenters. The third-order valence-electron chi connectivity index (χ3n) is 2.32. The molecule has 2 nitrogen and oxygen atoms in total. The van der Waals surface area contributed by atoms with Crippen molar-refractivity contribution in [3.63, 3.8) is 0 Å². The minimum Gasteiger partial charge on any atom is -0.393 e. The van der Waals surface area contributed by atoms with Gasteiger partial charge in [-0.15, -0.1) is 0 Å². The predicted octanol–water partition coefficient (Wildman–Crippen LogP) is 1.16. The summed E-state index contributed by atoms with van der Waals surface area (Å²) in [7, 11) is 0. The van der Waals surface area contributed by atoms with Gasteiger partial charge in [0.2, 0.25) is 0 Å². The highest BCUT2D eigenvalue weighted by atomic mass is 16.3. The van der Waals surface area contributed by atoms with Crippen LogP contribution in [-0.2, 0) is 0 Å². The third kappa shape index (κ3) is 1.96. The summed E-state index contributed by atoms with van der Waals surface area (Å²) in [6.07, 6.45) is -0.173. The fourth-order valence-electron chi connectivity index (χ4n) is 0.805. The summed E-state index contributed by atoms with van der Waals surface area (Å²) in [6.45, 7) is 7.35. The van der Waals surface area contributed by atoms with Crippen LogP contribution in [0.5, 0.6) is 0 Å². The van der Waals surface area contributed by atoms with Crippen molar-refractivity contribution in [3.05, 3.63) is 0 Å². The first-order valence-corrected chi connectivity index (χ1v) is 3.79. The Kier molecular flexibility index (Phi) is 3.33. The maximum absolute atomic E-state index is 9.40. The van der Waals surface area contributed by atoms with Gasteiger partial charge in [-0.25, -0.2) is 0 Å². The van der Waals surface area contributed by atoms with Gasteiger partial charge in [-0.05, 0) is 13.3 Å². The van der Waals surface area contributed by atoms with E-state index in [2.05, 4.69) is 0 Å². The van der Waals surface area contributed by atoms with Gasteiger partial charge in [0.25, 0.3) is 0 Å². The molecule has 0 radical (unpaired) electrons. The van der Waals surface area contributed by atoms with Crippen LogP contribution in [0.15, 0.2) is 0 Å². The molecule has 0 fully saturated rings. The Bertz CT molecular complexity index is 97.4. The van der Waals surface area contributed by atoms with E-state index in [-0.39, 0.29) is 5.41 Å². The highest BCUT2D eigenvalue weighted by Crippen LogP contribution is 2.26. The molecule has 10 heavy (non-hydrogen) atoms. The maximum atomic E-state index is 9.40. The number of rotatable bonds is 3. The van der Waals surface area contributed by atoms with Gasteiger partial charge in [0.15, 0.2) is 0 Å². The minimum absolute atomic E-state index is 0.380. The van der Waals surface area contributed by atoms with E-state index in [1.807, 2.05) is 20.8 Å². The van der Waals surface area contributed by atoms with Crippen molar-refractivity contribution in [2.45, 2.75) is 46.3 Å². The van der Waals surface area contributed by atoms with E-state index in [1.165, 1.54) is 0 Å². The lowest BCUT2D eigenvalue weighted by Gasteiger charge is -2.32. The zero-order valence-electron chi connectivity index (χ0n) is 7.26. The SMILES string of the molecule is CC[C@@H](O)C(C)(C)[C@H](C)O. The van der Waals surface area contributed by atoms with Crippen LogP contribution in [0.4, 0.5) is 0 Å². The van der Waals surface area contributed by atoms with Crippen LogP contribution >= 0.6 is 0 Å². The second-order valence-corrected chi connectivity index (χ2v) is 3.42. The van der Waals surface area contributed by atoms with Crippen molar-refractivity contribution in [3.8, 4) is 0 Å². The topological polar surface area (TPSA) is 40.5 Å². The molecule has 2 N–H and O–H groups in total. The van der Waals surface area contributed by atoms with Crippen molar-refractivity contribution in [1.82, 2.24) is 0 Å². The van der Waals surface area contributed by atoms with Crippen LogP contribution in [0.25, 0.3) is 0 Å².